The lowest BCUT2D eigenvalue weighted by atomic mass is 10.1. The first kappa shape index (κ1) is 11.9. The molecule has 17 heavy (non-hydrogen) atoms. The molecule has 0 aromatic carbocycles. The van der Waals surface area contributed by atoms with Gasteiger partial charge in [-0.25, -0.2) is 5.43 Å². The zero-order chi connectivity index (χ0) is 12.3. The van der Waals surface area contributed by atoms with Crippen molar-refractivity contribution in [2.45, 2.75) is 32.9 Å². The molecule has 0 fully saturated rings. The van der Waals surface area contributed by atoms with Crippen LogP contribution in [-0.4, -0.2) is 9.78 Å². The van der Waals surface area contributed by atoms with Crippen LogP contribution in [0.4, 0.5) is 0 Å². The van der Waals surface area contributed by atoms with Crippen molar-refractivity contribution in [3.63, 3.8) is 0 Å². The summed E-state index contributed by atoms with van der Waals surface area (Å²) >= 11 is 0. The highest BCUT2D eigenvalue weighted by Gasteiger charge is 2.19. The van der Waals surface area contributed by atoms with Crippen molar-refractivity contribution in [2.24, 2.45) is 5.84 Å². The minimum atomic E-state index is -0.155. The van der Waals surface area contributed by atoms with E-state index in [1.165, 1.54) is 0 Å². The number of hydrogen-bond acceptors (Lipinski definition) is 4. The molecular weight excluding hydrogens is 216 g/mol. The predicted octanol–water partition coefficient (Wildman–Crippen LogP) is 1.75. The van der Waals surface area contributed by atoms with Gasteiger partial charge in [0.05, 0.1) is 5.69 Å². The average Bonchev–Trinajstić information content (AvgIpc) is 2.91. The van der Waals surface area contributed by atoms with Crippen molar-refractivity contribution >= 4 is 0 Å². The van der Waals surface area contributed by atoms with Crippen molar-refractivity contribution in [3.05, 3.63) is 41.6 Å². The zero-order valence-corrected chi connectivity index (χ0v) is 10.2. The molecule has 0 spiro atoms. The minimum absolute atomic E-state index is 0.155. The number of hydrogen-bond donors (Lipinski definition) is 2. The summed E-state index contributed by atoms with van der Waals surface area (Å²) in [6.07, 6.45) is 2.81. The Kier molecular flexibility index (Phi) is 3.61. The highest BCUT2D eigenvalue weighted by Crippen LogP contribution is 2.23. The van der Waals surface area contributed by atoms with E-state index >= 15 is 0 Å². The van der Waals surface area contributed by atoms with E-state index in [0.717, 1.165) is 30.2 Å². The van der Waals surface area contributed by atoms with E-state index in [9.17, 15) is 0 Å². The van der Waals surface area contributed by atoms with Gasteiger partial charge < -0.3 is 4.42 Å². The second-order valence-corrected chi connectivity index (χ2v) is 4.03. The Morgan fingerprint density at radius 3 is 2.88 bits per heavy atom. The van der Waals surface area contributed by atoms with Gasteiger partial charge >= 0.3 is 0 Å². The molecule has 2 heterocycles. The Morgan fingerprint density at radius 1 is 1.47 bits per heavy atom. The van der Waals surface area contributed by atoms with E-state index < -0.39 is 0 Å². The van der Waals surface area contributed by atoms with Gasteiger partial charge in [-0.05, 0) is 31.5 Å². The third-order valence-electron chi connectivity index (χ3n) is 2.69. The van der Waals surface area contributed by atoms with Crippen LogP contribution in [0, 0.1) is 6.92 Å². The second-order valence-electron chi connectivity index (χ2n) is 4.03. The molecule has 2 rings (SSSR count). The Bertz CT molecular complexity index is 474. The van der Waals surface area contributed by atoms with E-state index in [1.807, 2.05) is 29.8 Å². The lowest BCUT2D eigenvalue weighted by molar-refractivity contribution is 0.415. The topological polar surface area (TPSA) is 69.0 Å². The van der Waals surface area contributed by atoms with Crippen LogP contribution < -0.4 is 11.3 Å². The molecule has 2 aromatic rings. The summed E-state index contributed by atoms with van der Waals surface area (Å²) in [7, 11) is 0. The summed E-state index contributed by atoms with van der Waals surface area (Å²) in [4.78, 5) is 0. The maximum absolute atomic E-state index is 5.62. The number of rotatable bonds is 5. The van der Waals surface area contributed by atoms with Gasteiger partial charge in [0.2, 0.25) is 0 Å². The van der Waals surface area contributed by atoms with Crippen LogP contribution >= 0.6 is 0 Å². The zero-order valence-electron chi connectivity index (χ0n) is 10.2. The van der Waals surface area contributed by atoms with Gasteiger partial charge in [0.25, 0.3) is 0 Å². The molecule has 0 bridgehead atoms. The van der Waals surface area contributed by atoms with Crippen LogP contribution in [0.15, 0.2) is 28.8 Å². The number of aryl methyl sites for hydroxylation is 2. The average molecular weight is 234 g/mol. The van der Waals surface area contributed by atoms with Gasteiger partial charge in [0.15, 0.2) is 0 Å². The molecular formula is C12H18N4O. The first-order valence-electron chi connectivity index (χ1n) is 5.80. The maximum atomic E-state index is 5.62. The third kappa shape index (κ3) is 2.40. The first-order chi connectivity index (χ1) is 8.26. The van der Waals surface area contributed by atoms with Crippen molar-refractivity contribution in [2.75, 3.05) is 0 Å². The third-order valence-corrected chi connectivity index (χ3v) is 2.69. The first-order valence-corrected chi connectivity index (χ1v) is 5.80. The van der Waals surface area contributed by atoms with E-state index in [0.29, 0.717) is 0 Å². The molecule has 1 unspecified atom stereocenters. The van der Waals surface area contributed by atoms with Gasteiger partial charge in [-0.15, -0.1) is 0 Å². The fraction of sp³-hybridized carbons (Fsp3) is 0.417. The van der Waals surface area contributed by atoms with Gasteiger partial charge in [0.1, 0.15) is 17.6 Å². The number of nitrogens with one attached hydrogen (secondary N) is 1. The molecule has 0 saturated carbocycles. The van der Waals surface area contributed by atoms with E-state index in [1.54, 1.807) is 6.20 Å². The van der Waals surface area contributed by atoms with E-state index in [2.05, 4.69) is 17.4 Å². The fourth-order valence-corrected chi connectivity index (χ4v) is 1.91. The molecule has 5 heteroatoms. The molecule has 0 aliphatic carbocycles. The van der Waals surface area contributed by atoms with Gasteiger partial charge in [-0.1, -0.05) is 6.92 Å². The van der Waals surface area contributed by atoms with Crippen molar-refractivity contribution in [3.8, 4) is 0 Å². The Balaban J connectivity index is 2.31. The molecule has 1 atom stereocenters. The van der Waals surface area contributed by atoms with Crippen LogP contribution in [0.1, 0.15) is 36.6 Å². The van der Waals surface area contributed by atoms with Crippen LogP contribution in [0.3, 0.4) is 0 Å². The summed E-state index contributed by atoms with van der Waals surface area (Å²) in [5.74, 6) is 7.30. The fourth-order valence-electron chi connectivity index (χ4n) is 1.91. The van der Waals surface area contributed by atoms with Crippen molar-refractivity contribution in [1.29, 1.82) is 0 Å². The lowest BCUT2D eigenvalue weighted by Gasteiger charge is -2.15. The predicted molar refractivity (Wildman–Crippen MR) is 65.1 cm³/mol. The minimum Gasteiger partial charge on any atom is -0.464 e. The largest absolute Gasteiger partial charge is 0.464 e. The number of furan rings is 1. The van der Waals surface area contributed by atoms with Gasteiger partial charge in [0, 0.05) is 12.7 Å². The highest BCUT2D eigenvalue weighted by atomic mass is 16.3. The van der Waals surface area contributed by atoms with E-state index in [4.69, 9.17) is 10.3 Å². The van der Waals surface area contributed by atoms with Crippen molar-refractivity contribution < 1.29 is 4.42 Å². The van der Waals surface area contributed by atoms with Gasteiger partial charge in [-0.2, -0.15) is 5.10 Å². The Morgan fingerprint density at radius 2 is 2.29 bits per heavy atom. The van der Waals surface area contributed by atoms with Crippen LogP contribution in [0.2, 0.25) is 0 Å². The molecule has 0 saturated heterocycles. The summed E-state index contributed by atoms with van der Waals surface area (Å²) in [6, 6.07) is 5.67. The lowest BCUT2D eigenvalue weighted by Crippen LogP contribution is -2.30. The number of nitrogens with two attached hydrogens (primary N) is 1. The van der Waals surface area contributed by atoms with Crippen LogP contribution in [-0.2, 0) is 6.54 Å². The normalized spacial score (nSPS) is 12.9. The van der Waals surface area contributed by atoms with E-state index in [-0.39, 0.29) is 6.04 Å². The highest BCUT2D eigenvalue weighted by molar-refractivity contribution is 5.21. The monoisotopic (exact) mass is 234 g/mol. The van der Waals surface area contributed by atoms with Crippen LogP contribution in [0.5, 0.6) is 0 Å². The van der Waals surface area contributed by atoms with Crippen molar-refractivity contribution in [1.82, 2.24) is 15.2 Å². The molecule has 0 aliphatic rings. The molecule has 0 aliphatic heterocycles. The number of nitrogens with zero attached hydrogens (tertiary/aromatic N) is 2. The standard InChI is InChI=1S/C12H18N4O/c1-3-8-16-10(6-7-14-16)12(15-13)11-5-4-9(2)17-11/h4-7,12,15H,3,8,13H2,1-2H3. The van der Waals surface area contributed by atoms with Gasteiger partial charge in [-0.3, -0.25) is 10.5 Å². The summed E-state index contributed by atoms with van der Waals surface area (Å²) in [5, 5.41) is 4.29. The Hall–Kier alpha value is -1.59. The molecule has 5 nitrogen and oxygen atoms in total. The number of hydrazine groups is 1. The molecule has 3 N–H and O–H groups in total. The Labute approximate surface area is 101 Å². The number of aromatic nitrogens is 2. The summed E-state index contributed by atoms with van der Waals surface area (Å²) in [5.41, 5.74) is 3.80. The quantitative estimate of drug-likeness (QED) is 0.611. The maximum Gasteiger partial charge on any atom is 0.128 e. The second kappa shape index (κ2) is 5.16. The smallest absolute Gasteiger partial charge is 0.128 e. The SMILES string of the molecule is CCCn1nccc1C(NN)c1ccc(C)o1. The molecule has 0 amide bonds. The summed E-state index contributed by atoms with van der Waals surface area (Å²) < 4.78 is 7.56. The molecule has 92 valence electrons. The van der Waals surface area contributed by atoms with Crippen LogP contribution in [0.25, 0.3) is 0 Å². The molecule has 0 radical (unpaired) electrons. The molecule has 2 aromatic heterocycles. The summed E-state index contributed by atoms with van der Waals surface area (Å²) in [6.45, 7) is 4.91.